The Balaban J connectivity index is 2.12. The van der Waals surface area contributed by atoms with Gasteiger partial charge in [0.05, 0.1) is 7.11 Å². The summed E-state index contributed by atoms with van der Waals surface area (Å²) in [7, 11) is 1.68. The van der Waals surface area contributed by atoms with E-state index in [4.69, 9.17) is 4.74 Å². The van der Waals surface area contributed by atoms with Crippen molar-refractivity contribution in [1.82, 2.24) is 10.6 Å². The molecule has 2 rings (SSSR count). The first-order valence-corrected chi connectivity index (χ1v) is 5.05. The van der Waals surface area contributed by atoms with Crippen molar-refractivity contribution in [2.75, 3.05) is 7.11 Å². The topological polar surface area (TPSA) is 33.3 Å². The quantitative estimate of drug-likeness (QED) is 0.774. The lowest BCUT2D eigenvalue weighted by atomic mass is 10.1. The Kier molecular flexibility index (Phi) is 2.54. The Morgan fingerprint density at radius 3 is 2.00 bits per heavy atom. The number of allylic oxidation sites excluding steroid dienone is 2. The second-order valence-corrected chi connectivity index (χ2v) is 3.74. The molecule has 3 nitrogen and oxygen atoms in total. The fourth-order valence-corrected chi connectivity index (χ4v) is 1.65. The minimum absolute atomic E-state index is 0.191. The Bertz CT molecular complexity index is 367. The van der Waals surface area contributed by atoms with Crippen LogP contribution < -0.4 is 15.4 Å². The SMILES string of the molecule is COc1ccc(C2NC(C)=C(C)N2)cc1. The number of methoxy groups -OCH3 is 1. The third-order valence-corrected chi connectivity index (χ3v) is 2.73. The molecule has 0 spiro atoms. The molecular formula is C12H16N2O. The predicted octanol–water partition coefficient (Wildman–Crippen LogP) is 2.14. The third-order valence-electron chi connectivity index (χ3n) is 2.73. The molecule has 1 aromatic carbocycles. The maximum atomic E-state index is 5.12. The van der Waals surface area contributed by atoms with Gasteiger partial charge in [0, 0.05) is 11.4 Å². The van der Waals surface area contributed by atoms with Crippen LogP contribution in [0.4, 0.5) is 0 Å². The van der Waals surface area contributed by atoms with E-state index in [-0.39, 0.29) is 6.17 Å². The molecule has 1 aliphatic rings. The van der Waals surface area contributed by atoms with Gasteiger partial charge >= 0.3 is 0 Å². The molecule has 0 saturated heterocycles. The van der Waals surface area contributed by atoms with E-state index in [0.717, 1.165) is 5.75 Å². The van der Waals surface area contributed by atoms with Gasteiger partial charge in [-0.15, -0.1) is 0 Å². The molecule has 2 N–H and O–H groups in total. The van der Waals surface area contributed by atoms with Gasteiger partial charge in [0.25, 0.3) is 0 Å². The fourth-order valence-electron chi connectivity index (χ4n) is 1.65. The second-order valence-electron chi connectivity index (χ2n) is 3.74. The first kappa shape index (κ1) is 9.90. The second kappa shape index (κ2) is 3.85. The van der Waals surface area contributed by atoms with E-state index in [2.05, 4.69) is 36.6 Å². The minimum atomic E-state index is 0.191. The van der Waals surface area contributed by atoms with Gasteiger partial charge in [0.15, 0.2) is 0 Å². The van der Waals surface area contributed by atoms with E-state index in [9.17, 15) is 0 Å². The molecule has 0 radical (unpaired) electrons. The molecule has 1 heterocycles. The van der Waals surface area contributed by atoms with E-state index >= 15 is 0 Å². The standard InChI is InChI=1S/C12H16N2O/c1-8-9(2)14-12(13-8)10-4-6-11(15-3)7-5-10/h4-7,12-14H,1-3H3. The first-order chi connectivity index (χ1) is 7.20. The highest BCUT2D eigenvalue weighted by atomic mass is 16.5. The normalized spacial score (nSPS) is 16.2. The van der Waals surface area contributed by atoms with Crippen LogP contribution in [0.15, 0.2) is 35.7 Å². The summed E-state index contributed by atoms with van der Waals surface area (Å²) in [6.07, 6.45) is 0.191. The Morgan fingerprint density at radius 1 is 1.00 bits per heavy atom. The molecule has 0 amide bonds. The monoisotopic (exact) mass is 204 g/mol. The Labute approximate surface area is 90.1 Å². The van der Waals surface area contributed by atoms with Gasteiger partial charge in [-0.25, -0.2) is 0 Å². The summed E-state index contributed by atoms with van der Waals surface area (Å²) in [5, 5.41) is 6.77. The lowest BCUT2D eigenvalue weighted by Gasteiger charge is -2.14. The summed E-state index contributed by atoms with van der Waals surface area (Å²) in [6, 6.07) is 8.08. The van der Waals surface area contributed by atoms with Crippen LogP contribution >= 0.6 is 0 Å². The van der Waals surface area contributed by atoms with Crippen molar-refractivity contribution in [2.45, 2.75) is 20.0 Å². The maximum absolute atomic E-state index is 5.12. The van der Waals surface area contributed by atoms with E-state index in [1.54, 1.807) is 7.11 Å². The number of nitrogens with one attached hydrogen (secondary N) is 2. The van der Waals surface area contributed by atoms with Crippen LogP contribution in [0.3, 0.4) is 0 Å². The summed E-state index contributed by atoms with van der Waals surface area (Å²) in [5.41, 5.74) is 3.62. The highest BCUT2D eigenvalue weighted by molar-refractivity contribution is 5.31. The molecule has 15 heavy (non-hydrogen) atoms. The lowest BCUT2D eigenvalue weighted by molar-refractivity contribution is 0.414. The highest BCUT2D eigenvalue weighted by Gasteiger charge is 2.17. The van der Waals surface area contributed by atoms with Crippen molar-refractivity contribution in [1.29, 1.82) is 0 Å². The van der Waals surface area contributed by atoms with Gasteiger partial charge in [0.2, 0.25) is 0 Å². The van der Waals surface area contributed by atoms with Crippen molar-refractivity contribution in [3.05, 3.63) is 41.2 Å². The molecular weight excluding hydrogens is 188 g/mol. The average molecular weight is 204 g/mol. The van der Waals surface area contributed by atoms with E-state index in [1.165, 1.54) is 17.0 Å². The lowest BCUT2D eigenvalue weighted by Crippen LogP contribution is -2.22. The summed E-state index contributed by atoms with van der Waals surface area (Å²) < 4.78 is 5.12. The molecule has 1 aliphatic heterocycles. The van der Waals surface area contributed by atoms with Gasteiger partial charge in [0.1, 0.15) is 11.9 Å². The van der Waals surface area contributed by atoms with E-state index in [0.29, 0.717) is 0 Å². The molecule has 3 heteroatoms. The van der Waals surface area contributed by atoms with Crippen molar-refractivity contribution in [3.8, 4) is 5.75 Å². The van der Waals surface area contributed by atoms with E-state index in [1.807, 2.05) is 12.1 Å². The predicted molar refractivity (Wildman–Crippen MR) is 60.4 cm³/mol. The zero-order valence-corrected chi connectivity index (χ0v) is 9.29. The third kappa shape index (κ3) is 1.91. The number of hydrogen-bond acceptors (Lipinski definition) is 3. The summed E-state index contributed by atoms with van der Waals surface area (Å²) in [6.45, 7) is 4.15. The fraction of sp³-hybridized carbons (Fsp3) is 0.333. The van der Waals surface area contributed by atoms with Gasteiger partial charge in [-0.05, 0) is 31.5 Å². The number of ether oxygens (including phenoxy) is 1. The van der Waals surface area contributed by atoms with Crippen LogP contribution in [0.5, 0.6) is 5.75 Å². The first-order valence-electron chi connectivity index (χ1n) is 5.05. The van der Waals surface area contributed by atoms with Crippen LogP contribution in [0.1, 0.15) is 25.6 Å². The van der Waals surface area contributed by atoms with Gasteiger partial charge in [-0.3, -0.25) is 0 Å². The molecule has 0 unspecified atom stereocenters. The average Bonchev–Trinajstić information content (AvgIpc) is 2.59. The summed E-state index contributed by atoms with van der Waals surface area (Å²) >= 11 is 0. The summed E-state index contributed by atoms with van der Waals surface area (Å²) in [5.74, 6) is 0.887. The van der Waals surface area contributed by atoms with Gasteiger partial charge in [-0.1, -0.05) is 12.1 Å². The number of hydrogen-bond donors (Lipinski definition) is 2. The largest absolute Gasteiger partial charge is 0.497 e. The molecule has 1 aromatic rings. The summed E-state index contributed by atoms with van der Waals surface area (Å²) in [4.78, 5) is 0. The van der Waals surface area contributed by atoms with Gasteiger partial charge in [-0.2, -0.15) is 0 Å². The zero-order chi connectivity index (χ0) is 10.8. The van der Waals surface area contributed by atoms with E-state index < -0.39 is 0 Å². The van der Waals surface area contributed by atoms with Crippen LogP contribution in [-0.2, 0) is 0 Å². The highest BCUT2D eigenvalue weighted by Crippen LogP contribution is 2.21. The van der Waals surface area contributed by atoms with Gasteiger partial charge < -0.3 is 15.4 Å². The molecule has 0 saturated carbocycles. The van der Waals surface area contributed by atoms with Crippen molar-refractivity contribution in [2.24, 2.45) is 0 Å². The zero-order valence-electron chi connectivity index (χ0n) is 9.29. The maximum Gasteiger partial charge on any atom is 0.123 e. The number of rotatable bonds is 2. The van der Waals surface area contributed by atoms with Crippen molar-refractivity contribution < 1.29 is 4.74 Å². The molecule has 0 aromatic heterocycles. The molecule has 0 aliphatic carbocycles. The Hall–Kier alpha value is -1.64. The molecule has 0 fully saturated rings. The van der Waals surface area contributed by atoms with Crippen molar-refractivity contribution in [3.63, 3.8) is 0 Å². The minimum Gasteiger partial charge on any atom is -0.497 e. The number of benzene rings is 1. The van der Waals surface area contributed by atoms with Crippen molar-refractivity contribution >= 4 is 0 Å². The van der Waals surface area contributed by atoms with Crippen LogP contribution in [0.2, 0.25) is 0 Å². The van der Waals surface area contributed by atoms with Crippen LogP contribution in [0.25, 0.3) is 0 Å². The Morgan fingerprint density at radius 2 is 1.53 bits per heavy atom. The van der Waals surface area contributed by atoms with Crippen LogP contribution in [0, 0.1) is 0 Å². The molecule has 80 valence electrons. The molecule has 0 bridgehead atoms. The van der Waals surface area contributed by atoms with Crippen LogP contribution in [-0.4, -0.2) is 7.11 Å². The molecule has 0 atom stereocenters. The smallest absolute Gasteiger partial charge is 0.123 e.